The van der Waals surface area contributed by atoms with Crippen molar-refractivity contribution in [3.05, 3.63) is 182 Å². The van der Waals surface area contributed by atoms with E-state index in [9.17, 15) is 0 Å². The van der Waals surface area contributed by atoms with Crippen molar-refractivity contribution in [1.29, 1.82) is 0 Å². The summed E-state index contributed by atoms with van der Waals surface area (Å²) in [7, 11) is 0. The standard InChI is InChI=1S/C48H30O/c1-3-14-31(15-4-1)33-26-27-34(32-16-5-2-6-17-32)43(30-33)47-38-21-9-7-19-36(38)46(37-20-8-10-22-39(37)47)42-29-28-41-35-18-11-12-24-44(35)49-45-25-13-23-40(42)48(41)45/h1-30H. The van der Waals surface area contributed by atoms with Crippen molar-refractivity contribution in [2.45, 2.75) is 0 Å². The van der Waals surface area contributed by atoms with Gasteiger partial charge in [-0.05, 0) is 95.2 Å². The average molecular weight is 623 g/mol. The molecule has 1 aliphatic heterocycles. The zero-order valence-electron chi connectivity index (χ0n) is 26.7. The molecule has 0 spiro atoms. The lowest BCUT2D eigenvalue weighted by Crippen LogP contribution is -1.98. The minimum atomic E-state index is 0.905. The molecule has 1 heteroatoms. The molecular weight excluding hydrogens is 593 g/mol. The van der Waals surface area contributed by atoms with E-state index >= 15 is 0 Å². The van der Waals surface area contributed by atoms with Crippen LogP contribution in [0.1, 0.15) is 0 Å². The normalized spacial score (nSPS) is 11.8. The van der Waals surface area contributed by atoms with Gasteiger partial charge in [0.25, 0.3) is 0 Å². The number of hydrogen-bond donors (Lipinski definition) is 0. The van der Waals surface area contributed by atoms with Gasteiger partial charge in [-0.3, -0.25) is 0 Å². The fourth-order valence-electron chi connectivity index (χ4n) is 7.94. The molecule has 0 unspecified atom stereocenters. The Morgan fingerprint density at radius 3 is 1.47 bits per heavy atom. The molecule has 0 aliphatic carbocycles. The minimum Gasteiger partial charge on any atom is -0.456 e. The molecule has 1 nitrogen and oxygen atoms in total. The van der Waals surface area contributed by atoms with Crippen LogP contribution in [-0.4, -0.2) is 0 Å². The lowest BCUT2D eigenvalue weighted by Gasteiger charge is -2.24. The first-order valence-corrected chi connectivity index (χ1v) is 16.9. The Bertz CT molecular complexity index is 2670. The van der Waals surface area contributed by atoms with Crippen LogP contribution in [0.15, 0.2) is 182 Å². The van der Waals surface area contributed by atoms with Gasteiger partial charge in [0.1, 0.15) is 11.5 Å². The number of benzene rings is 9. The summed E-state index contributed by atoms with van der Waals surface area (Å²) in [5.74, 6) is 1.81. The number of rotatable bonds is 4. The van der Waals surface area contributed by atoms with Gasteiger partial charge in [0.15, 0.2) is 0 Å². The third kappa shape index (κ3) is 4.33. The SMILES string of the molecule is c1ccc(-c2ccc(-c3ccccc3)c(-c3c4ccccc4c(-c4ccc5c6c(cccc46)Oc4ccccc4-5)c4ccccc34)c2)cc1. The Morgan fingerprint density at radius 1 is 0.265 bits per heavy atom. The van der Waals surface area contributed by atoms with Crippen LogP contribution in [-0.2, 0) is 0 Å². The van der Waals surface area contributed by atoms with Crippen molar-refractivity contribution < 1.29 is 4.74 Å². The molecule has 10 rings (SSSR count). The second kappa shape index (κ2) is 11.1. The van der Waals surface area contributed by atoms with Crippen molar-refractivity contribution in [2.75, 3.05) is 0 Å². The molecule has 0 amide bonds. The van der Waals surface area contributed by atoms with Gasteiger partial charge < -0.3 is 4.74 Å². The molecule has 0 fully saturated rings. The van der Waals surface area contributed by atoms with Crippen LogP contribution < -0.4 is 4.74 Å². The number of hydrogen-bond acceptors (Lipinski definition) is 1. The zero-order valence-corrected chi connectivity index (χ0v) is 26.7. The maximum Gasteiger partial charge on any atom is 0.135 e. The van der Waals surface area contributed by atoms with E-state index in [-0.39, 0.29) is 0 Å². The molecule has 0 radical (unpaired) electrons. The van der Waals surface area contributed by atoms with Crippen LogP contribution in [0, 0.1) is 0 Å². The summed E-state index contributed by atoms with van der Waals surface area (Å²) in [5, 5.41) is 7.30. The van der Waals surface area contributed by atoms with Crippen molar-refractivity contribution in [3.63, 3.8) is 0 Å². The van der Waals surface area contributed by atoms with Gasteiger partial charge in [-0.25, -0.2) is 0 Å². The summed E-state index contributed by atoms with van der Waals surface area (Å²) in [5.41, 5.74) is 12.1. The fraction of sp³-hybridized carbons (Fsp3) is 0. The Morgan fingerprint density at radius 2 is 0.776 bits per heavy atom. The maximum absolute atomic E-state index is 6.50. The summed E-state index contributed by atoms with van der Waals surface area (Å²) < 4.78 is 6.50. The van der Waals surface area contributed by atoms with Crippen LogP contribution in [0.5, 0.6) is 11.5 Å². The smallest absolute Gasteiger partial charge is 0.135 e. The van der Waals surface area contributed by atoms with Crippen molar-refractivity contribution in [1.82, 2.24) is 0 Å². The summed E-state index contributed by atoms with van der Waals surface area (Å²) in [4.78, 5) is 0. The van der Waals surface area contributed by atoms with Gasteiger partial charge in [-0.2, -0.15) is 0 Å². The van der Waals surface area contributed by atoms with Crippen LogP contribution in [0.4, 0.5) is 0 Å². The summed E-state index contributed by atoms with van der Waals surface area (Å²) >= 11 is 0. The molecule has 228 valence electrons. The summed E-state index contributed by atoms with van der Waals surface area (Å²) in [6.07, 6.45) is 0. The van der Waals surface area contributed by atoms with E-state index in [1.54, 1.807) is 0 Å². The number of ether oxygens (including phenoxy) is 1. The molecule has 1 aliphatic rings. The highest BCUT2D eigenvalue weighted by Gasteiger charge is 2.24. The molecule has 9 aromatic carbocycles. The van der Waals surface area contributed by atoms with Crippen molar-refractivity contribution in [2.24, 2.45) is 0 Å². The maximum atomic E-state index is 6.50. The molecule has 0 saturated heterocycles. The van der Waals surface area contributed by atoms with Crippen LogP contribution in [0.2, 0.25) is 0 Å². The van der Waals surface area contributed by atoms with Gasteiger partial charge in [-0.1, -0.05) is 164 Å². The molecule has 0 saturated carbocycles. The molecule has 0 atom stereocenters. The fourth-order valence-corrected chi connectivity index (χ4v) is 7.94. The van der Waals surface area contributed by atoms with Gasteiger partial charge in [-0.15, -0.1) is 0 Å². The molecule has 49 heavy (non-hydrogen) atoms. The second-order valence-electron chi connectivity index (χ2n) is 12.8. The largest absolute Gasteiger partial charge is 0.456 e. The van der Waals surface area contributed by atoms with Crippen LogP contribution in [0.25, 0.3) is 88.0 Å². The lowest BCUT2D eigenvalue weighted by atomic mass is 9.81. The lowest BCUT2D eigenvalue weighted by molar-refractivity contribution is 0.487. The first-order chi connectivity index (χ1) is 24.3. The third-order valence-electron chi connectivity index (χ3n) is 10.1. The quantitative estimate of drug-likeness (QED) is 0.177. The molecular formula is C48H30O. The van der Waals surface area contributed by atoms with Crippen molar-refractivity contribution in [3.8, 4) is 67.1 Å². The van der Waals surface area contributed by atoms with Gasteiger partial charge >= 0.3 is 0 Å². The van der Waals surface area contributed by atoms with Gasteiger partial charge in [0.2, 0.25) is 0 Å². The Balaban J connectivity index is 1.31. The third-order valence-corrected chi connectivity index (χ3v) is 10.1. The van der Waals surface area contributed by atoms with E-state index < -0.39 is 0 Å². The Kier molecular flexibility index (Phi) is 6.25. The highest BCUT2D eigenvalue weighted by Crippen LogP contribution is 2.52. The molecule has 0 N–H and O–H groups in total. The van der Waals surface area contributed by atoms with E-state index in [4.69, 9.17) is 4.74 Å². The van der Waals surface area contributed by atoms with E-state index in [2.05, 4.69) is 176 Å². The average Bonchev–Trinajstić information content (AvgIpc) is 3.18. The van der Waals surface area contributed by atoms with Gasteiger partial charge in [0, 0.05) is 10.9 Å². The molecule has 1 heterocycles. The van der Waals surface area contributed by atoms with E-state index in [0.717, 1.165) is 22.4 Å². The van der Waals surface area contributed by atoms with Crippen LogP contribution >= 0.6 is 0 Å². The first-order valence-electron chi connectivity index (χ1n) is 16.9. The monoisotopic (exact) mass is 622 g/mol. The highest BCUT2D eigenvalue weighted by molar-refractivity contribution is 6.25. The Labute approximate surface area is 285 Å². The summed E-state index contributed by atoms with van der Waals surface area (Å²) in [6, 6.07) is 65.8. The van der Waals surface area contributed by atoms with E-state index in [1.165, 1.54) is 77.0 Å². The molecule has 0 bridgehead atoms. The highest BCUT2D eigenvalue weighted by atomic mass is 16.5. The second-order valence-corrected chi connectivity index (χ2v) is 12.8. The predicted molar refractivity (Wildman–Crippen MR) is 206 cm³/mol. The first kappa shape index (κ1) is 27.7. The molecule has 0 aromatic heterocycles. The number of fused-ring (bicyclic) bond motifs is 4. The van der Waals surface area contributed by atoms with E-state index in [0.29, 0.717) is 0 Å². The minimum absolute atomic E-state index is 0.905. The Hall–Kier alpha value is -6.44. The summed E-state index contributed by atoms with van der Waals surface area (Å²) in [6.45, 7) is 0. The molecule has 9 aromatic rings. The predicted octanol–water partition coefficient (Wildman–Crippen LogP) is 13.6. The van der Waals surface area contributed by atoms with Gasteiger partial charge in [0.05, 0.1) is 0 Å². The van der Waals surface area contributed by atoms with E-state index in [1.807, 2.05) is 6.07 Å². The zero-order chi connectivity index (χ0) is 32.3. The number of para-hydroxylation sites is 1. The topological polar surface area (TPSA) is 9.23 Å². The van der Waals surface area contributed by atoms with Crippen molar-refractivity contribution >= 4 is 32.3 Å². The van der Waals surface area contributed by atoms with Crippen LogP contribution in [0.3, 0.4) is 0 Å².